The molecule has 0 aromatic heterocycles. The molecule has 4 heteroatoms. The first-order valence-corrected chi connectivity index (χ1v) is 5.74. The van der Waals surface area contributed by atoms with E-state index in [4.69, 9.17) is 5.11 Å². The van der Waals surface area contributed by atoms with Crippen molar-refractivity contribution in [3.8, 4) is 0 Å². The molecule has 2 fully saturated rings. The number of carbonyl (C=O) groups is 2. The van der Waals surface area contributed by atoms with Crippen LogP contribution in [-0.2, 0) is 16.1 Å². The Morgan fingerprint density at radius 1 is 1.06 bits per heavy atom. The number of rotatable bonds is 3. The van der Waals surface area contributed by atoms with Gasteiger partial charge in [-0.15, -0.1) is 0 Å². The van der Waals surface area contributed by atoms with E-state index in [1.54, 1.807) is 0 Å². The number of aliphatic hydroxyl groups is 1. The molecular weight excluding hydrogens is 218 g/mol. The molecule has 1 aliphatic carbocycles. The predicted octanol–water partition coefficient (Wildman–Crippen LogP) is 0.410. The normalized spacial score (nSPS) is 30.6. The maximum absolute atomic E-state index is 11.9. The molecule has 0 radical (unpaired) electrons. The number of hydrogen-bond donors (Lipinski definition) is 1. The minimum atomic E-state index is -0.254. The van der Waals surface area contributed by atoms with Gasteiger partial charge in [0.2, 0.25) is 11.8 Å². The second-order valence-electron chi connectivity index (χ2n) is 4.65. The highest BCUT2D eigenvalue weighted by Crippen LogP contribution is 2.53. The van der Waals surface area contributed by atoms with E-state index in [0.717, 1.165) is 5.56 Å². The van der Waals surface area contributed by atoms with Gasteiger partial charge >= 0.3 is 0 Å². The Labute approximate surface area is 98.9 Å². The first kappa shape index (κ1) is 10.5. The smallest absolute Gasteiger partial charge is 0.233 e. The van der Waals surface area contributed by atoms with Crippen molar-refractivity contribution in [2.24, 2.45) is 17.8 Å². The van der Waals surface area contributed by atoms with Crippen LogP contribution in [0.5, 0.6) is 0 Å². The quantitative estimate of drug-likeness (QED) is 0.766. The fraction of sp³-hybridized carbons (Fsp3) is 0.385. The molecule has 17 heavy (non-hydrogen) atoms. The molecule has 3 rings (SSSR count). The molecule has 1 aromatic rings. The molecule has 1 saturated carbocycles. The number of nitrogens with zero attached hydrogens (tertiary/aromatic N) is 1. The molecule has 0 spiro atoms. The van der Waals surface area contributed by atoms with Gasteiger partial charge in [0.15, 0.2) is 0 Å². The van der Waals surface area contributed by atoms with Crippen LogP contribution < -0.4 is 0 Å². The van der Waals surface area contributed by atoms with Crippen LogP contribution in [0.2, 0.25) is 0 Å². The number of hydrogen-bond acceptors (Lipinski definition) is 3. The van der Waals surface area contributed by atoms with E-state index < -0.39 is 0 Å². The van der Waals surface area contributed by atoms with E-state index in [2.05, 4.69) is 0 Å². The van der Waals surface area contributed by atoms with Crippen molar-refractivity contribution in [1.82, 2.24) is 4.90 Å². The molecule has 1 saturated heterocycles. The number of carbonyl (C=O) groups excluding carboxylic acids is 2. The van der Waals surface area contributed by atoms with Gasteiger partial charge < -0.3 is 5.11 Å². The zero-order chi connectivity index (χ0) is 12.0. The fourth-order valence-corrected chi connectivity index (χ4v) is 2.66. The van der Waals surface area contributed by atoms with Crippen LogP contribution >= 0.6 is 0 Å². The van der Waals surface area contributed by atoms with Crippen LogP contribution in [0.25, 0.3) is 0 Å². The predicted molar refractivity (Wildman–Crippen MR) is 59.6 cm³/mol. The summed E-state index contributed by atoms with van der Waals surface area (Å²) in [5.41, 5.74) is 0.955. The van der Waals surface area contributed by atoms with Gasteiger partial charge in [0.25, 0.3) is 0 Å². The Hall–Kier alpha value is -1.68. The summed E-state index contributed by atoms with van der Waals surface area (Å²) in [4.78, 5) is 25.2. The lowest BCUT2D eigenvalue weighted by atomic mass is 10.2. The van der Waals surface area contributed by atoms with E-state index in [-0.39, 0.29) is 36.2 Å². The zero-order valence-electron chi connectivity index (χ0n) is 9.24. The maximum atomic E-state index is 11.9. The van der Waals surface area contributed by atoms with Crippen LogP contribution in [0, 0.1) is 17.8 Å². The Kier molecular flexibility index (Phi) is 2.26. The molecule has 4 nitrogen and oxygen atoms in total. The number of aliphatic hydroxyl groups excluding tert-OH is 1. The van der Waals surface area contributed by atoms with Crippen LogP contribution in [0.3, 0.4) is 0 Å². The van der Waals surface area contributed by atoms with Crippen molar-refractivity contribution in [2.45, 2.75) is 6.54 Å². The van der Waals surface area contributed by atoms with Crippen molar-refractivity contribution >= 4 is 11.8 Å². The molecule has 1 unspecified atom stereocenters. The third kappa shape index (κ3) is 1.48. The van der Waals surface area contributed by atoms with Crippen molar-refractivity contribution in [1.29, 1.82) is 0 Å². The van der Waals surface area contributed by atoms with E-state index >= 15 is 0 Å². The lowest BCUT2D eigenvalue weighted by Gasteiger charge is -2.17. The molecule has 1 N–H and O–H groups in total. The monoisotopic (exact) mass is 231 g/mol. The molecule has 3 atom stereocenters. The summed E-state index contributed by atoms with van der Waals surface area (Å²) >= 11 is 0. The summed E-state index contributed by atoms with van der Waals surface area (Å²) in [6, 6.07) is 9.47. The topological polar surface area (TPSA) is 57.6 Å². The molecule has 2 aliphatic rings. The first-order valence-electron chi connectivity index (χ1n) is 5.74. The van der Waals surface area contributed by atoms with Gasteiger partial charge in [-0.2, -0.15) is 0 Å². The summed E-state index contributed by atoms with van der Waals surface area (Å²) in [6.45, 7) is 0.287. The summed E-state index contributed by atoms with van der Waals surface area (Å²) in [5, 5.41) is 9.00. The average Bonchev–Trinajstić information content (AvgIpc) is 3.04. The molecule has 88 valence electrons. The second kappa shape index (κ2) is 3.67. The minimum absolute atomic E-state index is 0.0635. The Bertz CT molecular complexity index is 449. The SMILES string of the molecule is O=C1[C@@H]2C(CO)[C@@H]2C(=O)N1Cc1ccccc1. The van der Waals surface area contributed by atoms with Gasteiger partial charge in [-0.25, -0.2) is 0 Å². The maximum Gasteiger partial charge on any atom is 0.233 e. The molecule has 1 aromatic carbocycles. The minimum Gasteiger partial charge on any atom is -0.396 e. The fourth-order valence-electron chi connectivity index (χ4n) is 2.66. The van der Waals surface area contributed by atoms with Crippen molar-refractivity contribution in [3.05, 3.63) is 35.9 Å². The first-order chi connectivity index (χ1) is 8.24. The van der Waals surface area contributed by atoms with Gasteiger partial charge in [0.05, 0.1) is 18.4 Å². The second-order valence-corrected chi connectivity index (χ2v) is 4.65. The highest BCUT2D eigenvalue weighted by molar-refractivity contribution is 6.09. The molecule has 1 heterocycles. The largest absolute Gasteiger partial charge is 0.396 e. The molecule has 0 bridgehead atoms. The summed E-state index contributed by atoms with van der Waals surface area (Å²) < 4.78 is 0. The van der Waals surface area contributed by atoms with Gasteiger partial charge in [0, 0.05) is 12.5 Å². The van der Waals surface area contributed by atoms with Crippen LogP contribution in [0.4, 0.5) is 0 Å². The summed E-state index contributed by atoms with van der Waals surface area (Å²) in [7, 11) is 0. The summed E-state index contributed by atoms with van der Waals surface area (Å²) in [6.07, 6.45) is 0. The summed E-state index contributed by atoms with van der Waals surface area (Å²) in [5.74, 6) is -0.875. The van der Waals surface area contributed by atoms with Gasteiger partial charge in [0.1, 0.15) is 0 Å². The lowest BCUT2D eigenvalue weighted by molar-refractivity contribution is -0.143. The number of piperidine rings is 1. The van der Waals surface area contributed by atoms with Crippen molar-refractivity contribution < 1.29 is 14.7 Å². The van der Waals surface area contributed by atoms with Gasteiger partial charge in [-0.1, -0.05) is 30.3 Å². The third-order valence-corrected chi connectivity index (χ3v) is 3.67. The van der Waals surface area contributed by atoms with Crippen molar-refractivity contribution in [2.75, 3.05) is 6.61 Å². The number of likely N-dealkylation sites (tertiary alicyclic amines) is 1. The zero-order valence-corrected chi connectivity index (χ0v) is 9.24. The van der Waals surface area contributed by atoms with E-state index in [9.17, 15) is 9.59 Å². The van der Waals surface area contributed by atoms with Gasteiger partial charge in [-0.05, 0) is 5.56 Å². The number of imide groups is 1. The highest BCUT2D eigenvalue weighted by atomic mass is 16.3. The molecule has 1 aliphatic heterocycles. The highest BCUT2D eigenvalue weighted by Gasteiger charge is 2.66. The Morgan fingerprint density at radius 3 is 2.18 bits per heavy atom. The Morgan fingerprint density at radius 2 is 1.65 bits per heavy atom. The van der Waals surface area contributed by atoms with Crippen LogP contribution in [0.1, 0.15) is 5.56 Å². The van der Waals surface area contributed by atoms with Gasteiger partial charge in [-0.3, -0.25) is 14.5 Å². The number of amides is 2. The van der Waals surface area contributed by atoms with E-state index in [0.29, 0.717) is 6.54 Å². The standard InChI is InChI=1S/C13H13NO3/c15-7-9-10-11(9)13(17)14(12(10)16)6-8-4-2-1-3-5-8/h1-5,9-11,15H,6-7H2/t9?,10-,11+. The number of fused-ring (bicyclic) bond motifs is 1. The van der Waals surface area contributed by atoms with Crippen LogP contribution in [-0.4, -0.2) is 28.4 Å². The lowest BCUT2D eigenvalue weighted by Crippen LogP contribution is -2.34. The third-order valence-electron chi connectivity index (χ3n) is 3.67. The Balaban J connectivity index is 1.75. The van der Waals surface area contributed by atoms with E-state index in [1.165, 1.54) is 4.90 Å². The molecule has 2 amide bonds. The van der Waals surface area contributed by atoms with Crippen LogP contribution in [0.15, 0.2) is 30.3 Å². The van der Waals surface area contributed by atoms with Crippen molar-refractivity contribution in [3.63, 3.8) is 0 Å². The average molecular weight is 231 g/mol. The van der Waals surface area contributed by atoms with E-state index in [1.807, 2.05) is 30.3 Å². The number of benzene rings is 1. The molecular formula is C13H13NO3.